The quantitative estimate of drug-likeness (QED) is 0.234. The molecule has 1 aliphatic rings. The number of benzene rings is 2. The molecule has 0 radical (unpaired) electrons. The highest BCUT2D eigenvalue weighted by Gasteiger charge is 2.32. The molecule has 10 nitrogen and oxygen atoms in total. The lowest BCUT2D eigenvalue weighted by atomic mass is 10.1. The molecule has 2 aromatic carbocycles. The third-order valence-electron chi connectivity index (χ3n) is 7.40. The van der Waals surface area contributed by atoms with Gasteiger partial charge in [-0.25, -0.2) is 14.8 Å². The van der Waals surface area contributed by atoms with Gasteiger partial charge >= 0.3 is 12.3 Å². The van der Waals surface area contributed by atoms with Crippen LogP contribution >= 0.6 is 0 Å². The number of nitrogens with zero attached hydrogens (tertiary/aromatic N) is 5. The number of likely N-dealkylation sites (tertiary alicyclic amines) is 1. The molecule has 1 unspecified atom stereocenters. The predicted octanol–water partition coefficient (Wildman–Crippen LogP) is 6.65. The van der Waals surface area contributed by atoms with Crippen LogP contribution in [0.25, 0.3) is 17.2 Å². The molecule has 2 aromatic heterocycles. The number of carbonyl (C=O) groups excluding carboxylic acids is 2. The van der Waals surface area contributed by atoms with Gasteiger partial charge in [-0.05, 0) is 64.3 Å². The van der Waals surface area contributed by atoms with E-state index in [0.717, 1.165) is 17.7 Å². The monoisotopic (exact) mass is 635 g/mol. The van der Waals surface area contributed by atoms with E-state index in [9.17, 15) is 22.8 Å². The van der Waals surface area contributed by atoms with Crippen molar-refractivity contribution in [3.8, 4) is 17.2 Å². The minimum absolute atomic E-state index is 0.00718. The molecule has 4 aromatic rings. The first-order valence-corrected chi connectivity index (χ1v) is 15.0. The summed E-state index contributed by atoms with van der Waals surface area (Å²) in [5, 5.41) is 6.20. The number of amides is 2. The minimum atomic E-state index is -4.57. The van der Waals surface area contributed by atoms with Crippen molar-refractivity contribution in [2.45, 2.75) is 64.4 Å². The van der Waals surface area contributed by atoms with E-state index in [0.29, 0.717) is 37.7 Å². The first-order valence-electron chi connectivity index (χ1n) is 15.0. The van der Waals surface area contributed by atoms with Crippen LogP contribution in [0.3, 0.4) is 0 Å². The van der Waals surface area contributed by atoms with Gasteiger partial charge in [0.05, 0.1) is 11.6 Å². The summed E-state index contributed by atoms with van der Waals surface area (Å²) in [5.41, 5.74) is -0.277. The first-order chi connectivity index (χ1) is 21.8. The summed E-state index contributed by atoms with van der Waals surface area (Å²) in [5.74, 6) is 0.215. The summed E-state index contributed by atoms with van der Waals surface area (Å²) in [7, 11) is 0. The second-order valence-electron chi connectivity index (χ2n) is 12.1. The smallest absolute Gasteiger partial charge is 0.416 e. The van der Waals surface area contributed by atoms with Crippen molar-refractivity contribution in [3.63, 3.8) is 0 Å². The molecule has 242 valence electrons. The number of aromatic nitrogens is 4. The van der Waals surface area contributed by atoms with Crippen LogP contribution in [0.5, 0.6) is 0 Å². The van der Waals surface area contributed by atoms with Crippen LogP contribution in [-0.2, 0) is 10.9 Å². The number of rotatable bonds is 7. The number of carbonyl (C=O) groups is 2. The number of hydrogen-bond acceptors (Lipinski definition) is 7. The molecule has 1 atom stereocenters. The Morgan fingerprint density at radius 1 is 0.978 bits per heavy atom. The Labute approximate surface area is 265 Å². The number of imidazole rings is 1. The van der Waals surface area contributed by atoms with E-state index in [1.54, 1.807) is 31.7 Å². The molecular weight excluding hydrogens is 599 g/mol. The SMILES string of the molecule is CC(Nc1nccc(-n2cc(C(=O)NC3CCN(C(=O)OC(C)(C)C)CC3)nc2-c2cccc(C(F)(F)F)c2)n1)c1ccccc1. The van der Waals surface area contributed by atoms with Gasteiger partial charge in [-0.2, -0.15) is 18.2 Å². The Hall–Kier alpha value is -4.94. The molecule has 0 spiro atoms. The van der Waals surface area contributed by atoms with Crippen LogP contribution in [0.15, 0.2) is 73.1 Å². The average Bonchev–Trinajstić information content (AvgIpc) is 3.47. The molecule has 2 N–H and O–H groups in total. The Morgan fingerprint density at radius 2 is 1.70 bits per heavy atom. The van der Waals surface area contributed by atoms with Gasteiger partial charge < -0.3 is 20.3 Å². The van der Waals surface area contributed by atoms with Gasteiger partial charge in [-0.3, -0.25) is 9.36 Å². The number of alkyl halides is 3. The van der Waals surface area contributed by atoms with Crippen molar-refractivity contribution in [2.75, 3.05) is 18.4 Å². The molecular formula is C33H36F3N7O3. The molecule has 46 heavy (non-hydrogen) atoms. The van der Waals surface area contributed by atoms with E-state index in [1.807, 2.05) is 37.3 Å². The van der Waals surface area contributed by atoms with Crippen LogP contribution < -0.4 is 10.6 Å². The Balaban J connectivity index is 1.40. The normalized spacial score (nSPS) is 14.9. The second-order valence-corrected chi connectivity index (χ2v) is 12.1. The fourth-order valence-electron chi connectivity index (χ4n) is 5.07. The fourth-order valence-corrected chi connectivity index (χ4v) is 5.07. The highest BCUT2D eigenvalue weighted by atomic mass is 19.4. The number of ether oxygens (including phenoxy) is 1. The first kappa shape index (κ1) is 32.5. The third-order valence-corrected chi connectivity index (χ3v) is 7.40. The van der Waals surface area contributed by atoms with E-state index < -0.39 is 29.3 Å². The molecule has 1 fully saturated rings. The van der Waals surface area contributed by atoms with Gasteiger partial charge in [0.15, 0.2) is 0 Å². The highest BCUT2D eigenvalue weighted by molar-refractivity contribution is 5.93. The van der Waals surface area contributed by atoms with Crippen LogP contribution in [-0.4, -0.2) is 61.2 Å². The predicted molar refractivity (Wildman–Crippen MR) is 166 cm³/mol. The Kier molecular flexibility index (Phi) is 9.31. The molecule has 0 bridgehead atoms. The highest BCUT2D eigenvalue weighted by Crippen LogP contribution is 2.33. The number of nitrogens with one attached hydrogen (secondary N) is 2. The van der Waals surface area contributed by atoms with E-state index in [4.69, 9.17) is 4.74 Å². The number of anilines is 1. The average molecular weight is 636 g/mol. The van der Waals surface area contributed by atoms with Crippen molar-refractivity contribution in [1.82, 2.24) is 29.7 Å². The van der Waals surface area contributed by atoms with Crippen molar-refractivity contribution in [2.24, 2.45) is 0 Å². The molecule has 3 heterocycles. The summed E-state index contributed by atoms with van der Waals surface area (Å²) in [6.07, 6.45) is -0.983. The second kappa shape index (κ2) is 13.2. The number of hydrogen-bond donors (Lipinski definition) is 2. The van der Waals surface area contributed by atoms with Crippen molar-refractivity contribution in [3.05, 3.63) is 89.9 Å². The lowest BCUT2D eigenvalue weighted by Crippen LogP contribution is -2.47. The summed E-state index contributed by atoms with van der Waals surface area (Å²) < 4.78 is 47.8. The third kappa shape index (κ3) is 8.01. The molecule has 13 heteroatoms. The molecule has 0 aliphatic carbocycles. The minimum Gasteiger partial charge on any atom is -0.444 e. The maximum absolute atomic E-state index is 13.6. The fraction of sp³-hybridized carbons (Fsp3) is 0.364. The molecule has 0 saturated carbocycles. The van der Waals surface area contributed by atoms with Crippen LogP contribution in [0.1, 0.15) is 68.2 Å². The largest absolute Gasteiger partial charge is 0.444 e. The summed E-state index contributed by atoms with van der Waals surface area (Å²) in [6, 6.07) is 15.7. The lowest BCUT2D eigenvalue weighted by molar-refractivity contribution is -0.137. The van der Waals surface area contributed by atoms with Crippen molar-refractivity contribution >= 4 is 17.9 Å². The summed E-state index contributed by atoms with van der Waals surface area (Å²) >= 11 is 0. The van der Waals surface area contributed by atoms with Crippen LogP contribution in [0, 0.1) is 0 Å². The standard InChI is InChI=1S/C33H36F3N7O3/c1-21(22-9-6-5-7-10-22)38-30-37-16-13-27(41-30)43-20-26(40-28(43)23-11-8-12-24(19-23)33(34,35)36)29(44)39-25-14-17-42(18-15-25)31(45)46-32(2,3)4/h5-13,16,19-21,25H,14-15,17-18H2,1-4H3,(H,39,44)(H,37,38,41). The topological polar surface area (TPSA) is 114 Å². The van der Waals surface area contributed by atoms with E-state index in [2.05, 4.69) is 25.6 Å². The summed E-state index contributed by atoms with van der Waals surface area (Å²) in [6.45, 7) is 8.17. The Bertz CT molecular complexity index is 1680. The molecule has 1 aliphatic heterocycles. The van der Waals surface area contributed by atoms with Crippen LogP contribution in [0.4, 0.5) is 23.9 Å². The molecule has 5 rings (SSSR count). The molecule has 2 amide bonds. The van der Waals surface area contributed by atoms with E-state index in [1.165, 1.54) is 29.1 Å². The van der Waals surface area contributed by atoms with E-state index in [-0.39, 0.29) is 29.2 Å². The van der Waals surface area contributed by atoms with E-state index >= 15 is 0 Å². The lowest BCUT2D eigenvalue weighted by Gasteiger charge is -2.33. The van der Waals surface area contributed by atoms with Gasteiger partial charge in [0.25, 0.3) is 5.91 Å². The van der Waals surface area contributed by atoms with Crippen molar-refractivity contribution in [1.29, 1.82) is 0 Å². The van der Waals surface area contributed by atoms with Crippen molar-refractivity contribution < 1.29 is 27.5 Å². The van der Waals surface area contributed by atoms with Gasteiger partial charge in [0, 0.05) is 37.1 Å². The van der Waals surface area contributed by atoms with Crippen LogP contribution in [0.2, 0.25) is 0 Å². The van der Waals surface area contributed by atoms with Gasteiger partial charge in [0.2, 0.25) is 5.95 Å². The number of piperidine rings is 1. The van der Waals surface area contributed by atoms with Gasteiger partial charge in [-0.1, -0.05) is 42.5 Å². The Morgan fingerprint density at radius 3 is 2.37 bits per heavy atom. The molecule has 1 saturated heterocycles. The zero-order valence-corrected chi connectivity index (χ0v) is 26.0. The number of halogens is 3. The maximum atomic E-state index is 13.6. The zero-order valence-electron chi connectivity index (χ0n) is 26.0. The van der Waals surface area contributed by atoms with Gasteiger partial charge in [-0.15, -0.1) is 0 Å². The zero-order chi connectivity index (χ0) is 33.1. The maximum Gasteiger partial charge on any atom is 0.416 e. The summed E-state index contributed by atoms with van der Waals surface area (Å²) in [4.78, 5) is 40.9. The van der Waals surface area contributed by atoms with Gasteiger partial charge in [0.1, 0.15) is 22.9 Å².